The second-order valence-electron chi connectivity index (χ2n) is 6.76. The molecule has 28 heavy (non-hydrogen) atoms. The molecule has 1 fully saturated rings. The summed E-state index contributed by atoms with van der Waals surface area (Å²) in [5.41, 5.74) is 4.53. The number of aryl methyl sites for hydroxylation is 2. The first-order valence-corrected chi connectivity index (χ1v) is 10.1. The minimum absolute atomic E-state index is 0.0681. The van der Waals surface area contributed by atoms with Crippen LogP contribution < -0.4 is 5.32 Å². The van der Waals surface area contributed by atoms with Gasteiger partial charge in [-0.2, -0.15) is 0 Å². The highest BCUT2D eigenvalue weighted by Gasteiger charge is 2.20. The number of hydrogen-bond acceptors (Lipinski definition) is 6. The van der Waals surface area contributed by atoms with Crippen molar-refractivity contribution in [1.29, 1.82) is 0 Å². The van der Waals surface area contributed by atoms with Crippen molar-refractivity contribution in [1.82, 2.24) is 14.9 Å². The van der Waals surface area contributed by atoms with E-state index in [9.17, 15) is 4.79 Å². The molecular weight excluding hydrogens is 372 g/mol. The van der Waals surface area contributed by atoms with Gasteiger partial charge in [0.25, 0.3) is 5.91 Å². The van der Waals surface area contributed by atoms with E-state index in [1.54, 1.807) is 0 Å². The van der Waals surface area contributed by atoms with Gasteiger partial charge in [-0.15, -0.1) is 11.3 Å². The molecule has 0 spiro atoms. The maximum Gasteiger partial charge on any atom is 0.254 e. The van der Waals surface area contributed by atoms with Crippen molar-refractivity contribution in [3.8, 4) is 11.3 Å². The van der Waals surface area contributed by atoms with E-state index >= 15 is 0 Å². The van der Waals surface area contributed by atoms with Crippen molar-refractivity contribution in [2.75, 3.05) is 31.6 Å². The van der Waals surface area contributed by atoms with Gasteiger partial charge in [-0.05, 0) is 43.7 Å². The van der Waals surface area contributed by atoms with E-state index in [0.29, 0.717) is 26.3 Å². The second-order valence-corrected chi connectivity index (χ2v) is 7.62. The summed E-state index contributed by atoms with van der Waals surface area (Å²) in [6.45, 7) is 6.43. The zero-order chi connectivity index (χ0) is 19.5. The Kier molecular flexibility index (Phi) is 5.36. The number of aromatic nitrogens is 2. The zero-order valence-electron chi connectivity index (χ0n) is 15.9. The predicted octanol–water partition coefficient (Wildman–Crippen LogP) is 4.04. The summed E-state index contributed by atoms with van der Waals surface area (Å²) in [6, 6.07) is 11.7. The van der Waals surface area contributed by atoms with Gasteiger partial charge < -0.3 is 15.0 Å². The largest absolute Gasteiger partial charge is 0.378 e. The van der Waals surface area contributed by atoms with Crippen molar-refractivity contribution >= 4 is 28.2 Å². The van der Waals surface area contributed by atoms with Gasteiger partial charge in [-0.25, -0.2) is 9.97 Å². The van der Waals surface area contributed by atoms with Crippen molar-refractivity contribution in [2.45, 2.75) is 13.8 Å². The fourth-order valence-corrected chi connectivity index (χ4v) is 3.91. The maximum absolute atomic E-state index is 12.7. The third kappa shape index (κ3) is 4.05. The molecule has 4 rings (SSSR count). The molecule has 0 aliphatic carbocycles. The van der Waals surface area contributed by atoms with Crippen molar-refractivity contribution in [3.05, 3.63) is 58.6 Å². The Bertz CT molecular complexity index is 996. The first kappa shape index (κ1) is 18.6. The SMILES string of the molecule is Cc1cccc(Nc2nc(-c3ccc(C(=O)N4CCOCC4)c(C)c3)cs2)n1. The number of nitrogens with zero attached hydrogens (tertiary/aromatic N) is 3. The number of amides is 1. The molecule has 3 aromatic rings. The van der Waals surface area contributed by atoms with E-state index in [1.807, 2.05) is 60.5 Å². The molecule has 7 heteroatoms. The number of carbonyl (C=O) groups excluding carboxylic acids is 1. The highest BCUT2D eigenvalue weighted by Crippen LogP contribution is 2.28. The Balaban J connectivity index is 1.51. The van der Waals surface area contributed by atoms with Crippen LogP contribution in [0, 0.1) is 13.8 Å². The maximum atomic E-state index is 12.7. The van der Waals surface area contributed by atoms with Crippen LogP contribution in [-0.4, -0.2) is 47.1 Å². The number of hydrogen-bond donors (Lipinski definition) is 1. The average Bonchev–Trinajstić information content (AvgIpc) is 3.16. The number of carbonyl (C=O) groups is 1. The first-order valence-electron chi connectivity index (χ1n) is 9.24. The van der Waals surface area contributed by atoms with Crippen LogP contribution in [-0.2, 0) is 4.74 Å². The predicted molar refractivity (Wildman–Crippen MR) is 111 cm³/mol. The Hall–Kier alpha value is -2.77. The van der Waals surface area contributed by atoms with Crippen LogP contribution in [0.5, 0.6) is 0 Å². The van der Waals surface area contributed by atoms with Gasteiger partial charge in [-0.3, -0.25) is 4.79 Å². The molecular formula is C21H22N4O2S. The zero-order valence-corrected chi connectivity index (χ0v) is 16.8. The normalized spacial score (nSPS) is 14.1. The molecule has 6 nitrogen and oxygen atoms in total. The minimum atomic E-state index is 0.0681. The van der Waals surface area contributed by atoms with Gasteiger partial charge in [0.15, 0.2) is 5.13 Å². The van der Waals surface area contributed by atoms with Gasteiger partial charge in [0.2, 0.25) is 0 Å². The number of thiazole rings is 1. The quantitative estimate of drug-likeness (QED) is 0.723. The van der Waals surface area contributed by atoms with Gasteiger partial charge in [0, 0.05) is 35.3 Å². The first-order chi connectivity index (χ1) is 13.6. The lowest BCUT2D eigenvalue weighted by Crippen LogP contribution is -2.40. The number of benzene rings is 1. The monoisotopic (exact) mass is 394 g/mol. The fraction of sp³-hybridized carbons (Fsp3) is 0.286. The molecule has 144 valence electrons. The van der Waals surface area contributed by atoms with Crippen LogP contribution in [0.2, 0.25) is 0 Å². The summed E-state index contributed by atoms with van der Waals surface area (Å²) < 4.78 is 5.33. The van der Waals surface area contributed by atoms with E-state index in [0.717, 1.165) is 39.0 Å². The lowest BCUT2D eigenvalue weighted by atomic mass is 10.0. The third-order valence-corrected chi connectivity index (χ3v) is 5.44. The lowest BCUT2D eigenvalue weighted by Gasteiger charge is -2.27. The summed E-state index contributed by atoms with van der Waals surface area (Å²) in [5, 5.41) is 6.05. The molecule has 0 saturated carbocycles. The van der Waals surface area contributed by atoms with Crippen molar-refractivity contribution in [3.63, 3.8) is 0 Å². The Labute approximate surface area is 168 Å². The summed E-state index contributed by atoms with van der Waals surface area (Å²) in [4.78, 5) is 23.7. The summed E-state index contributed by atoms with van der Waals surface area (Å²) >= 11 is 1.53. The topological polar surface area (TPSA) is 67.4 Å². The third-order valence-electron chi connectivity index (χ3n) is 4.68. The molecule has 0 bridgehead atoms. The fourth-order valence-electron chi connectivity index (χ4n) is 3.19. The van der Waals surface area contributed by atoms with Crippen LogP contribution in [0.25, 0.3) is 11.3 Å². The van der Waals surface area contributed by atoms with Crippen LogP contribution in [0.4, 0.5) is 10.9 Å². The molecule has 3 heterocycles. The molecule has 1 aliphatic rings. The van der Waals surface area contributed by atoms with Gasteiger partial charge in [0.05, 0.1) is 18.9 Å². The average molecular weight is 395 g/mol. The molecule has 0 radical (unpaired) electrons. The van der Waals surface area contributed by atoms with Crippen molar-refractivity contribution in [2.24, 2.45) is 0 Å². The Morgan fingerprint density at radius 3 is 2.71 bits per heavy atom. The number of nitrogens with one attached hydrogen (secondary N) is 1. The van der Waals surface area contributed by atoms with E-state index in [4.69, 9.17) is 4.74 Å². The Morgan fingerprint density at radius 1 is 1.14 bits per heavy atom. The van der Waals surface area contributed by atoms with E-state index in [2.05, 4.69) is 15.3 Å². The number of pyridine rings is 1. The molecule has 1 saturated heterocycles. The van der Waals surface area contributed by atoms with Crippen LogP contribution >= 0.6 is 11.3 Å². The summed E-state index contributed by atoms with van der Waals surface area (Å²) in [5.74, 6) is 0.849. The second kappa shape index (κ2) is 8.08. The molecule has 2 aromatic heterocycles. The molecule has 0 unspecified atom stereocenters. The van der Waals surface area contributed by atoms with Crippen LogP contribution in [0.3, 0.4) is 0 Å². The number of anilines is 2. The lowest BCUT2D eigenvalue weighted by molar-refractivity contribution is 0.0302. The standard InChI is InChI=1S/C21H22N4O2S/c1-14-12-16(6-7-17(14)20(26)25-8-10-27-11-9-25)18-13-28-21(23-18)24-19-5-3-4-15(2)22-19/h3-7,12-13H,8-11H2,1-2H3,(H,22,23,24). The smallest absolute Gasteiger partial charge is 0.254 e. The number of morpholine rings is 1. The minimum Gasteiger partial charge on any atom is -0.378 e. The number of rotatable bonds is 4. The summed E-state index contributed by atoms with van der Waals surface area (Å²) in [7, 11) is 0. The Morgan fingerprint density at radius 2 is 1.96 bits per heavy atom. The van der Waals surface area contributed by atoms with Crippen LogP contribution in [0.15, 0.2) is 41.8 Å². The van der Waals surface area contributed by atoms with Crippen LogP contribution in [0.1, 0.15) is 21.6 Å². The molecule has 1 amide bonds. The molecule has 1 N–H and O–H groups in total. The molecule has 0 atom stereocenters. The molecule has 1 aromatic carbocycles. The van der Waals surface area contributed by atoms with Gasteiger partial charge in [0.1, 0.15) is 5.82 Å². The van der Waals surface area contributed by atoms with E-state index in [-0.39, 0.29) is 5.91 Å². The van der Waals surface area contributed by atoms with Gasteiger partial charge in [-0.1, -0.05) is 12.1 Å². The highest BCUT2D eigenvalue weighted by molar-refractivity contribution is 7.14. The number of ether oxygens (including phenoxy) is 1. The van der Waals surface area contributed by atoms with E-state index < -0.39 is 0 Å². The summed E-state index contributed by atoms with van der Waals surface area (Å²) in [6.07, 6.45) is 0. The molecule has 1 aliphatic heterocycles. The van der Waals surface area contributed by atoms with Gasteiger partial charge >= 0.3 is 0 Å². The van der Waals surface area contributed by atoms with Crippen molar-refractivity contribution < 1.29 is 9.53 Å². The van der Waals surface area contributed by atoms with E-state index in [1.165, 1.54) is 11.3 Å². The highest BCUT2D eigenvalue weighted by atomic mass is 32.1.